The molecule has 2 aromatic rings. The Balaban J connectivity index is 1.98. The Bertz CT molecular complexity index is 642. The molecule has 1 heterocycles. The Morgan fingerprint density at radius 2 is 2.32 bits per heavy atom. The predicted molar refractivity (Wildman–Crippen MR) is 85.7 cm³/mol. The highest BCUT2D eigenvalue weighted by molar-refractivity contribution is 9.10. The van der Waals surface area contributed by atoms with E-state index in [1.807, 2.05) is 24.3 Å². The van der Waals surface area contributed by atoms with E-state index in [-0.39, 0.29) is 11.7 Å². The number of hydrogen-bond donors (Lipinski definition) is 2. The van der Waals surface area contributed by atoms with Crippen LogP contribution in [0.4, 0.5) is 0 Å². The zero-order valence-electron chi connectivity index (χ0n) is 12.1. The molecule has 1 aromatic heterocycles. The average Bonchev–Trinajstić information content (AvgIpc) is 2.93. The molecule has 0 saturated heterocycles. The van der Waals surface area contributed by atoms with E-state index in [1.54, 1.807) is 17.7 Å². The fourth-order valence-electron chi connectivity index (χ4n) is 2.14. The minimum Gasteiger partial charge on any atom is -0.493 e. The summed E-state index contributed by atoms with van der Waals surface area (Å²) in [5.41, 5.74) is 5.37. The zero-order chi connectivity index (χ0) is 16.1. The maximum atomic E-state index is 11.1. The van der Waals surface area contributed by atoms with Crippen LogP contribution in [0.1, 0.15) is 29.9 Å². The van der Waals surface area contributed by atoms with Gasteiger partial charge < -0.3 is 20.1 Å². The third kappa shape index (κ3) is 4.32. The number of hydrogen-bond acceptors (Lipinski definition) is 4. The lowest BCUT2D eigenvalue weighted by molar-refractivity contribution is 0.0993. The number of nitrogens with two attached hydrogens (primary N) is 1. The summed E-state index contributed by atoms with van der Waals surface area (Å²) in [7, 11) is 0. The lowest BCUT2D eigenvalue weighted by Crippen LogP contribution is -2.23. The molecule has 0 saturated carbocycles. The second-order valence-electron chi connectivity index (χ2n) is 4.97. The highest BCUT2D eigenvalue weighted by Gasteiger charge is 2.18. The number of carbonyl (C=O) groups is 1. The van der Waals surface area contributed by atoms with Crippen LogP contribution in [0.5, 0.6) is 5.75 Å². The second-order valence-corrected chi connectivity index (χ2v) is 5.89. The normalized spacial score (nSPS) is 13.6. The van der Waals surface area contributed by atoms with Crippen molar-refractivity contribution in [1.29, 1.82) is 0 Å². The van der Waals surface area contributed by atoms with E-state index < -0.39 is 12.0 Å². The van der Waals surface area contributed by atoms with Crippen molar-refractivity contribution >= 4 is 21.8 Å². The summed E-state index contributed by atoms with van der Waals surface area (Å²) in [5, 5.41) is 9.93. The molecule has 7 heteroatoms. The first-order valence-electron chi connectivity index (χ1n) is 6.87. The lowest BCUT2D eigenvalue weighted by atomic mass is 10.1. The van der Waals surface area contributed by atoms with Crippen LogP contribution < -0.4 is 10.5 Å². The van der Waals surface area contributed by atoms with E-state index in [0.29, 0.717) is 13.0 Å². The van der Waals surface area contributed by atoms with Gasteiger partial charge in [0.2, 0.25) is 0 Å². The van der Waals surface area contributed by atoms with Gasteiger partial charge in [0.25, 0.3) is 5.91 Å². The molecule has 2 atom stereocenters. The second kappa shape index (κ2) is 7.42. The van der Waals surface area contributed by atoms with Gasteiger partial charge in [0.1, 0.15) is 11.4 Å². The summed E-state index contributed by atoms with van der Waals surface area (Å²) in [6.45, 7) is 2.11. The average molecular weight is 368 g/mol. The van der Waals surface area contributed by atoms with E-state index in [4.69, 9.17) is 10.5 Å². The number of benzene rings is 1. The first-order valence-corrected chi connectivity index (χ1v) is 7.66. The summed E-state index contributed by atoms with van der Waals surface area (Å²) < 4.78 is 8.31. The molecule has 118 valence electrons. The van der Waals surface area contributed by atoms with Crippen LogP contribution in [0.3, 0.4) is 0 Å². The van der Waals surface area contributed by atoms with Gasteiger partial charge in [-0.3, -0.25) is 4.79 Å². The van der Waals surface area contributed by atoms with Crippen LogP contribution in [0, 0.1) is 0 Å². The molecular formula is C15H18BrN3O3. The summed E-state index contributed by atoms with van der Waals surface area (Å²) in [5.74, 6) is 0.163. The number of halogens is 1. The van der Waals surface area contributed by atoms with Crippen LogP contribution in [0.2, 0.25) is 0 Å². The van der Waals surface area contributed by atoms with E-state index in [9.17, 15) is 9.90 Å². The molecule has 1 amide bonds. The zero-order valence-corrected chi connectivity index (χ0v) is 13.7. The number of ether oxygens (including phenoxy) is 1. The van der Waals surface area contributed by atoms with Gasteiger partial charge in [-0.05, 0) is 25.1 Å². The standard InChI is InChI=1S/C15H18BrN3O3/c1-10(20)14(19-8-13(15(17)21)18-9-19)5-6-22-12-4-2-3-11(16)7-12/h2-4,7-10,14,20H,5-6H2,1H3,(H2,17,21). The predicted octanol–water partition coefficient (Wildman–Crippen LogP) is 2.14. The van der Waals surface area contributed by atoms with Crippen LogP contribution in [-0.4, -0.2) is 33.3 Å². The Labute approximate surface area is 137 Å². The summed E-state index contributed by atoms with van der Waals surface area (Å²) in [6.07, 6.45) is 3.00. The molecule has 0 radical (unpaired) electrons. The fraction of sp³-hybridized carbons (Fsp3) is 0.333. The molecule has 0 aliphatic rings. The van der Waals surface area contributed by atoms with Gasteiger partial charge >= 0.3 is 0 Å². The molecule has 3 N–H and O–H groups in total. The van der Waals surface area contributed by atoms with Crippen LogP contribution >= 0.6 is 15.9 Å². The van der Waals surface area contributed by atoms with Crippen molar-refractivity contribution < 1.29 is 14.6 Å². The number of imidazole rings is 1. The van der Waals surface area contributed by atoms with Crippen molar-refractivity contribution in [1.82, 2.24) is 9.55 Å². The molecule has 2 unspecified atom stereocenters. The SMILES string of the molecule is CC(O)C(CCOc1cccc(Br)c1)n1cnc(C(N)=O)c1. The monoisotopic (exact) mass is 367 g/mol. The van der Waals surface area contributed by atoms with Crippen molar-refractivity contribution in [3.8, 4) is 5.75 Å². The smallest absolute Gasteiger partial charge is 0.268 e. The van der Waals surface area contributed by atoms with Crippen LogP contribution in [0.15, 0.2) is 41.3 Å². The number of primary amides is 1. The molecule has 0 aliphatic carbocycles. The molecule has 1 aromatic carbocycles. The molecule has 6 nitrogen and oxygen atoms in total. The first-order chi connectivity index (χ1) is 10.5. The molecule has 0 bridgehead atoms. The molecule has 0 spiro atoms. The summed E-state index contributed by atoms with van der Waals surface area (Å²) in [4.78, 5) is 15.0. The van der Waals surface area contributed by atoms with Crippen LogP contribution in [-0.2, 0) is 0 Å². The number of aliphatic hydroxyl groups excluding tert-OH is 1. The number of rotatable bonds is 7. The number of carbonyl (C=O) groups excluding carboxylic acids is 1. The number of amides is 1. The van der Waals surface area contributed by atoms with Crippen molar-refractivity contribution in [3.05, 3.63) is 47.0 Å². The summed E-state index contributed by atoms with van der Waals surface area (Å²) in [6, 6.07) is 7.31. The minimum atomic E-state index is -0.610. The fourth-order valence-corrected chi connectivity index (χ4v) is 2.52. The van der Waals surface area contributed by atoms with Gasteiger partial charge in [-0.2, -0.15) is 0 Å². The Morgan fingerprint density at radius 1 is 1.55 bits per heavy atom. The first kappa shape index (κ1) is 16.5. The molecule has 0 fully saturated rings. The van der Waals surface area contributed by atoms with E-state index in [2.05, 4.69) is 20.9 Å². The number of aliphatic hydroxyl groups is 1. The van der Waals surface area contributed by atoms with E-state index in [1.165, 1.54) is 6.33 Å². The molecule has 0 aliphatic heterocycles. The Kier molecular flexibility index (Phi) is 5.57. The van der Waals surface area contributed by atoms with Crippen molar-refractivity contribution in [2.75, 3.05) is 6.61 Å². The number of aromatic nitrogens is 2. The molecule has 22 heavy (non-hydrogen) atoms. The third-order valence-electron chi connectivity index (χ3n) is 3.27. The lowest BCUT2D eigenvalue weighted by Gasteiger charge is -2.21. The van der Waals surface area contributed by atoms with E-state index >= 15 is 0 Å². The van der Waals surface area contributed by atoms with E-state index in [0.717, 1.165) is 10.2 Å². The Hall–Kier alpha value is -1.86. The largest absolute Gasteiger partial charge is 0.493 e. The van der Waals surface area contributed by atoms with Gasteiger partial charge in [-0.15, -0.1) is 0 Å². The summed E-state index contributed by atoms with van der Waals surface area (Å²) >= 11 is 3.38. The quantitative estimate of drug-likeness (QED) is 0.784. The number of nitrogens with zero attached hydrogens (tertiary/aromatic N) is 2. The molecule has 2 rings (SSSR count). The highest BCUT2D eigenvalue weighted by atomic mass is 79.9. The van der Waals surface area contributed by atoms with Gasteiger partial charge in [0, 0.05) is 17.1 Å². The van der Waals surface area contributed by atoms with Crippen LogP contribution in [0.25, 0.3) is 0 Å². The van der Waals surface area contributed by atoms with Gasteiger partial charge in [0.05, 0.1) is 25.1 Å². The minimum absolute atomic E-state index is 0.179. The maximum Gasteiger partial charge on any atom is 0.268 e. The van der Waals surface area contributed by atoms with Crippen molar-refractivity contribution in [2.45, 2.75) is 25.5 Å². The molecular weight excluding hydrogens is 350 g/mol. The third-order valence-corrected chi connectivity index (χ3v) is 3.77. The topological polar surface area (TPSA) is 90.4 Å². The van der Waals surface area contributed by atoms with Crippen molar-refractivity contribution in [3.63, 3.8) is 0 Å². The van der Waals surface area contributed by atoms with Gasteiger partial charge in [-0.1, -0.05) is 22.0 Å². The Morgan fingerprint density at radius 3 is 2.91 bits per heavy atom. The maximum absolute atomic E-state index is 11.1. The van der Waals surface area contributed by atoms with Crippen molar-refractivity contribution in [2.24, 2.45) is 5.73 Å². The van der Waals surface area contributed by atoms with Gasteiger partial charge in [0.15, 0.2) is 0 Å². The highest BCUT2D eigenvalue weighted by Crippen LogP contribution is 2.21. The van der Waals surface area contributed by atoms with Gasteiger partial charge in [-0.25, -0.2) is 4.98 Å².